The lowest BCUT2D eigenvalue weighted by atomic mass is 10.0. The van der Waals surface area contributed by atoms with E-state index < -0.39 is 0 Å². The highest BCUT2D eigenvalue weighted by Crippen LogP contribution is 2.54. The molecule has 6 nitrogen and oxygen atoms in total. The molecule has 0 aliphatic carbocycles. The number of nitrogens with zero attached hydrogens (tertiary/aromatic N) is 5. The van der Waals surface area contributed by atoms with E-state index in [4.69, 9.17) is 19.7 Å². The summed E-state index contributed by atoms with van der Waals surface area (Å²) in [5.41, 5.74) is 11.0. The van der Waals surface area contributed by atoms with Crippen molar-refractivity contribution in [3.8, 4) is 56.8 Å². The lowest BCUT2D eigenvalue weighted by Crippen LogP contribution is -2.18. The second-order valence-corrected chi connectivity index (χ2v) is 15.2. The molecule has 58 heavy (non-hydrogen) atoms. The Morgan fingerprint density at radius 2 is 0.707 bits per heavy atom. The van der Waals surface area contributed by atoms with Crippen LogP contribution in [0.2, 0.25) is 0 Å². The van der Waals surface area contributed by atoms with Crippen molar-refractivity contribution in [1.29, 1.82) is 0 Å². The number of anilines is 6. The fourth-order valence-corrected chi connectivity index (χ4v) is 8.80. The van der Waals surface area contributed by atoms with Gasteiger partial charge in [0.05, 0.1) is 22.7 Å². The second-order valence-electron chi connectivity index (χ2n) is 14.1. The zero-order valence-corrected chi connectivity index (χ0v) is 31.9. The molecular formula is C51H33N5OS. The number of aromatic nitrogens is 3. The Bertz CT molecular complexity index is 2770. The van der Waals surface area contributed by atoms with Crippen molar-refractivity contribution < 1.29 is 4.74 Å². The minimum absolute atomic E-state index is 0.571. The highest BCUT2D eigenvalue weighted by Gasteiger charge is 2.29. The van der Waals surface area contributed by atoms with E-state index in [0.29, 0.717) is 17.5 Å². The van der Waals surface area contributed by atoms with Gasteiger partial charge in [0, 0.05) is 37.9 Å². The van der Waals surface area contributed by atoms with E-state index in [0.717, 1.165) is 73.4 Å². The van der Waals surface area contributed by atoms with Gasteiger partial charge in [-0.25, -0.2) is 15.0 Å². The summed E-state index contributed by atoms with van der Waals surface area (Å²) < 4.78 is 6.46. The van der Waals surface area contributed by atoms with Crippen molar-refractivity contribution in [3.05, 3.63) is 200 Å². The molecule has 0 N–H and O–H groups in total. The highest BCUT2D eigenvalue weighted by atomic mass is 32.2. The predicted molar refractivity (Wildman–Crippen MR) is 235 cm³/mol. The highest BCUT2D eigenvalue weighted by molar-refractivity contribution is 7.99. The molecule has 2 aliphatic heterocycles. The average molecular weight is 764 g/mol. The SMILES string of the molecule is c1ccc(-c2ccc(-c3nc(-c4ccccc4)nc(-c4cc(N5c6ccccc6Oc6ccccc65)cc(N5c6ccccc6Sc6ccccc65)c4)n3)cc2)cc1. The molecule has 0 radical (unpaired) electrons. The molecule has 0 saturated heterocycles. The van der Waals surface area contributed by atoms with Gasteiger partial charge in [-0.3, -0.25) is 0 Å². The third kappa shape index (κ3) is 6.05. The monoisotopic (exact) mass is 763 g/mol. The van der Waals surface area contributed by atoms with E-state index in [-0.39, 0.29) is 0 Å². The molecule has 8 aromatic carbocycles. The summed E-state index contributed by atoms with van der Waals surface area (Å²) in [6.07, 6.45) is 0. The van der Waals surface area contributed by atoms with Crippen LogP contribution in [0.15, 0.2) is 210 Å². The number of rotatable bonds is 6. The number of ether oxygens (including phenoxy) is 1. The molecule has 0 fully saturated rings. The van der Waals surface area contributed by atoms with Crippen molar-refractivity contribution in [2.45, 2.75) is 9.79 Å². The van der Waals surface area contributed by atoms with Gasteiger partial charge >= 0.3 is 0 Å². The molecule has 0 amide bonds. The summed E-state index contributed by atoms with van der Waals surface area (Å²) in [4.78, 5) is 22.6. The van der Waals surface area contributed by atoms with E-state index in [2.05, 4.69) is 149 Å². The van der Waals surface area contributed by atoms with Crippen molar-refractivity contribution in [2.75, 3.05) is 9.80 Å². The third-order valence-electron chi connectivity index (χ3n) is 10.5. The van der Waals surface area contributed by atoms with Crippen molar-refractivity contribution >= 4 is 45.9 Å². The van der Waals surface area contributed by atoms with E-state index in [1.807, 2.05) is 60.7 Å². The van der Waals surface area contributed by atoms with Gasteiger partial charge in [-0.05, 0) is 77.9 Å². The number of hydrogen-bond donors (Lipinski definition) is 0. The van der Waals surface area contributed by atoms with Crippen molar-refractivity contribution in [3.63, 3.8) is 0 Å². The summed E-state index contributed by atoms with van der Waals surface area (Å²) >= 11 is 1.79. The van der Waals surface area contributed by atoms with Gasteiger partial charge in [-0.15, -0.1) is 0 Å². The fraction of sp³-hybridized carbons (Fsp3) is 0. The lowest BCUT2D eigenvalue weighted by molar-refractivity contribution is 0.477. The number of hydrogen-bond acceptors (Lipinski definition) is 7. The molecule has 9 aromatic rings. The minimum atomic E-state index is 0.571. The largest absolute Gasteiger partial charge is 0.453 e. The zero-order chi connectivity index (χ0) is 38.4. The number of para-hydroxylation sites is 6. The van der Waals surface area contributed by atoms with Crippen LogP contribution in [0.25, 0.3) is 45.3 Å². The molecule has 2 aliphatic rings. The Morgan fingerprint density at radius 1 is 0.328 bits per heavy atom. The molecule has 0 bridgehead atoms. The molecule has 274 valence electrons. The van der Waals surface area contributed by atoms with Crippen molar-refractivity contribution in [2.24, 2.45) is 0 Å². The molecule has 7 heteroatoms. The van der Waals surface area contributed by atoms with Gasteiger partial charge < -0.3 is 14.5 Å². The van der Waals surface area contributed by atoms with Gasteiger partial charge in [-0.2, -0.15) is 0 Å². The van der Waals surface area contributed by atoms with Crippen LogP contribution in [0.1, 0.15) is 0 Å². The molecular weight excluding hydrogens is 731 g/mol. The second kappa shape index (κ2) is 14.2. The molecule has 1 aromatic heterocycles. The zero-order valence-electron chi connectivity index (χ0n) is 31.1. The van der Waals surface area contributed by atoms with E-state index >= 15 is 0 Å². The molecule has 0 unspecified atom stereocenters. The Labute approximate surface area is 340 Å². The van der Waals surface area contributed by atoms with Gasteiger partial charge in [0.1, 0.15) is 0 Å². The average Bonchev–Trinajstić information content (AvgIpc) is 3.30. The normalized spacial score (nSPS) is 12.5. The first-order valence-electron chi connectivity index (χ1n) is 19.2. The summed E-state index contributed by atoms with van der Waals surface area (Å²) in [6, 6.07) is 69.2. The van der Waals surface area contributed by atoms with Gasteiger partial charge in [0.15, 0.2) is 29.0 Å². The van der Waals surface area contributed by atoms with Crippen LogP contribution >= 0.6 is 11.8 Å². The van der Waals surface area contributed by atoms with Gasteiger partial charge in [0.2, 0.25) is 0 Å². The Balaban J connectivity index is 1.15. The van der Waals surface area contributed by atoms with Crippen LogP contribution in [-0.2, 0) is 0 Å². The van der Waals surface area contributed by atoms with Gasteiger partial charge in [-0.1, -0.05) is 145 Å². The number of benzene rings is 8. The smallest absolute Gasteiger partial charge is 0.164 e. The van der Waals surface area contributed by atoms with E-state index in [1.165, 1.54) is 9.79 Å². The fourth-order valence-electron chi connectivity index (χ4n) is 7.74. The van der Waals surface area contributed by atoms with Gasteiger partial charge in [0.25, 0.3) is 0 Å². The van der Waals surface area contributed by atoms with Crippen LogP contribution < -0.4 is 14.5 Å². The molecule has 11 rings (SSSR count). The maximum atomic E-state index is 6.46. The first-order chi connectivity index (χ1) is 28.7. The third-order valence-corrected chi connectivity index (χ3v) is 11.6. The summed E-state index contributed by atoms with van der Waals surface area (Å²) in [6.45, 7) is 0. The maximum absolute atomic E-state index is 6.46. The lowest BCUT2D eigenvalue weighted by Gasteiger charge is -2.36. The van der Waals surface area contributed by atoms with Crippen LogP contribution in [0, 0.1) is 0 Å². The first-order valence-corrected chi connectivity index (χ1v) is 20.0. The minimum Gasteiger partial charge on any atom is -0.453 e. The topological polar surface area (TPSA) is 54.4 Å². The summed E-state index contributed by atoms with van der Waals surface area (Å²) in [7, 11) is 0. The standard InChI is InChI=1S/C51H33N5OS/c1-3-15-34(16-4-1)35-27-29-37(30-28-35)50-52-49(36-17-5-2-6-18-36)53-51(54-50)38-31-39(55-41-19-7-11-23-45(41)57-46-24-12-8-20-42(46)55)33-40(32-38)56-43-21-9-13-25-47(43)58-48-26-14-10-22-44(48)56/h1-33H. The first kappa shape index (κ1) is 33.8. The van der Waals surface area contributed by atoms with Crippen LogP contribution in [0.5, 0.6) is 11.5 Å². The summed E-state index contributed by atoms with van der Waals surface area (Å²) in [5.74, 6) is 3.34. The Kier molecular flexibility index (Phi) is 8.30. The van der Waals surface area contributed by atoms with E-state index in [9.17, 15) is 0 Å². The number of fused-ring (bicyclic) bond motifs is 4. The Morgan fingerprint density at radius 3 is 1.26 bits per heavy atom. The maximum Gasteiger partial charge on any atom is 0.164 e. The van der Waals surface area contributed by atoms with Crippen molar-refractivity contribution in [1.82, 2.24) is 15.0 Å². The molecule has 3 heterocycles. The molecule has 0 spiro atoms. The molecule has 0 atom stereocenters. The predicted octanol–water partition coefficient (Wildman–Crippen LogP) is 14.0. The van der Waals surface area contributed by atoms with Crippen LogP contribution in [-0.4, -0.2) is 15.0 Å². The van der Waals surface area contributed by atoms with Crippen LogP contribution in [0.3, 0.4) is 0 Å². The Hall–Kier alpha value is -7.48. The van der Waals surface area contributed by atoms with Crippen LogP contribution in [0.4, 0.5) is 34.1 Å². The quantitative estimate of drug-likeness (QED) is 0.167. The summed E-state index contributed by atoms with van der Waals surface area (Å²) in [5, 5.41) is 0. The molecule has 0 saturated carbocycles. The van der Waals surface area contributed by atoms with E-state index in [1.54, 1.807) is 11.8 Å².